The van der Waals surface area contributed by atoms with Crippen molar-refractivity contribution >= 4 is 44.1 Å². The molecule has 31 heavy (non-hydrogen) atoms. The standard InChI is InChI=1S/C27H19BrClNO/c28-23-7-3-6-21(15-23)25(26(17-30)19-10-12-24(29)13-11-19)16-27(31)22-9-8-18-4-1-2-5-20(18)14-22/h1-15,25-26H,16H2/t25-,26+/m1/s1. The van der Waals surface area contributed by atoms with Crippen LogP contribution < -0.4 is 0 Å². The number of nitriles is 1. The van der Waals surface area contributed by atoms with Gasteiger partial charge in [0.05, 0.1) is 12.0 Å². The molecule has 0 aliphatic carbocycles. The van der Waals surface area contributed by atoms with Gasteiger partial charge in [0.15, 0.2) is 5.78 Å². The van der Waals surface area contributed by atoms with Crippen LogP contribution in [0.5, 0.6) is 0 Å². The van der Waals surface area contributed by atoms with Gasteiger partial charge in [0.25, 0.3) is 0 Å². The lowest BCUT2D eigenvalue weighted by Gasteiger charge is -2.23. The number of Topliss-reactive ketones (excluding diaryl/α,β-unsaturated/α-hetero) is 1. The summed E-state index contributed by atoms with van der Waals surface area (Å²) in [7, 11) is 0. The highest BCUT2D eigenvalue weighted by Gasteiger charge is 2.28. The van der Waals surface area contributed by atoms with Crippen LogP contribution in [0.1, 0.15) is 39.7 Å². The Balaban J connectivity index is 1.72. The van der Waals surface area contributed by atoms with Gasteiger partial charge in [-0.3, -0.25) is 4.79 Å². The SMILES string of the molecule is N#C[C@@H](c1ccc(Cl)cc1)[C@H](CC(=O)c1ccc2ccccc2c1)c1cccc(Br)c1. The molecule has 2 atom stereocenters. The average molecular weight is 489 g/mol. The Bertz CT molecular complexity index is 1280. The second-order valence-electron chi connectivity index (χ2n) is 7.51. The number of ketones is 1. The first-order valence-corrected chi connectivity index (χ1v) is 11.1. The van der Waals surface area contributed by atoms with Crippen LogP contribution in [0.15, 0.2) is 95.5 Å². The van der Waals surface area contributed by atoms with Crippen LogP contribution in [-0.2, 0) is 0 Å². The molecule has 2 nitrogen and oxygen atoms in total. The number of carbonyl (C=O) groups is 1. The molecule has 0 heterocycles. The molecule has 0 radical (unpaired) electrons. The zero-order chi connectivity index (χ0) is 21.8. The number of halogens is 2. The molecule has 0 bridgehead atoms. The first-order chi connectivity index (χ1) is 15.0. The van der Waals surface area contributed by atoms with E-state index in [9.17, 15) is 10.1 Å². The van der Waals surface area contributed by atoms with Crippen LogP contribution in [-0.4, -0.2) is 5.78 Å². The molecule has 0 unspecified atom stereocenters. The number of carbonyl (C=O) groups excluding carboxylic acids is 1. The van der Waals surface area contributed by atoms with Crippen molar-refractivity contribution in [3.63, 3.8) is 0 Å². The van der Waals surface area contributed by atoms with E-state index in [0.29, 0.717) is 10.6 Å². The quantitative estimate of drug-likeness (QED) is 0.259. The summed E-state index contributed by atoms with van der Waals surface area (Å²) in [5, 5.41) is 12.8. The van der Waals surface area contributed by atoms with Gasteiger partial charge in [-0.05, 0) is 52.2 Å². The van der Waals surface area contributed by atoms with E-state index in [1.165, 1.54) is 0 Å². The van der Waals surface area contributed by atoms with Gasteiger partial charge in [-0.2, -0.15) is 5.26 Å². The highest BCUT2D eigenvalue weighted by atomic mass is 79.9. The predicted octanol–water partition coefficient (Wildman–Crippen LogP) is 7.92. The van der Waals surface area contributed by atoms with Gasteiger partial charge in [0.1, 0.15) is 0 Å². The molecule has 0 fully saturated rings. The maximum absolute atomic E-state index is 13.3. The van der Waals surface area contributed by atoms with E-state index in [4.69, 9.17) is 11.6 Å². The van der Waals surface area contributed by atoms with E-state index < -0.39 is 5.92 Å². The van der Waals surface area contributed by atoms with Gasteiger partial charge in [0, 0.05) is 27.4 Å². The minimum absolute atomic E-state index is 0.0185. The lowest BCUT2D eigenvalue weighted by atomic mass is 9.78. The van der Waals surface area contributed by atoms with E-state index in [-0.39, 0.29) is 18.1 Å². The highest BCUT2D eigenvalue weighted by Crippen LogP contribution is 2.37. The van der Waals surface area contributed by atoms with Crippen LogP contribution in [0.4, 0.5) is 0 Å². The molecule has 0 saturated heterocycles. The first-order valence-electron chi connectivity index (χ1n) is 9.97. The number of fused-ring (bicyclic) bond motifs is 1. The van der Waals surface area contributed by atoms with Crippen LogP contribution >= 0.6 is 27.5 Å². The third kappa shape index (κ3) is 4.88. The Morgan fingerprint density at radius 3 is 2.32 bits per heavy atom. The van der Waals surface area contributed by atoms with Crippen molar-refractivity contribution in [1.29, 1.82) is 5.26 Å². The van der Waals surface area contributed by atoms with Crippen molar-refractivity contribution in [3.8, 4) is 6.07 Å². The zero-order valence-corrected chi connectivity index (χ0v) is 19.0. The number of rotatable bonds is 6. The number of hydrogen-bond donors (Lipinski definition) is 0. The Morgan fingerprint density at radius 2 is 1.61 bits per heavy atom. The van der Waals surface area contributed by atoms with Crippen LogP contribution in [0.3, 0.4) is 0 Å². The average Bonchev–Trinajstić information content (AvgIpc) is 2.79. The van der Waals surface area contributed by atoms with Crippen LogP contribution in [0.25, 0.3) is 10.8 Å². The zero-order valence-electron chi connectivity index (χ0n) is 16.6. The molecular weight excluding hydrogens is 470 g/mol. The highest BCUT2D eigenvalue weighted by molar-refractivity contribution is 9.10. The maximum Gasteiger partial charge on any atom is 0.163 e. The molecule has 0 saturated carbocycles. The fourth-order valence-corrected chi connectivity index (χ4v) is 4.46. The molecule has 0 aromatic heterocycles. The monoisotopic (exact) mass is 487 g/mol. The minimum atomic E-state index is -0.476. The summed E-state index contributed by atoms with van der Waals surface area (Å²) in [6.07, 6.45) is 0.232. The Hall–Kier alpha value is -2.93. The third-order valence-corrected chi connectivity index (χ3v) is 6.27. The van der Waals surface area contributed by atoms with E-state index in [1.807, 2.05) is 78.9 Å². The number of hydrogen-bond acceptors (Lipinski definition) is 2. The molecule has 0 spiro atoms. The normalized spacial score (nSPS) is 12.8. The lowest BCUT2D eigenvalue weighted by Crippen LogP contribution is -2.15. The summed E-state index contributed by atoms with van der Waals surface area (Å²) in [4.78, 5) is 13.3. The largest absolute Gasteiger partial charge is 0.294 e. The molecule has 4 aromatic carbocycles. The number of nitrogens with zero attached hydrogens (tertiary/aromatic N) is 1. The fraction of sp³-hybridized carbons (Fsp3) is 0.111. The molecule has 0 N–H and O–H groups in total. The molecule has 152 valence electrons. The summed E-state index contributed by atoms with van der Waals surface area (Å²) in [5.41, 5.74) is 2.46. The Morgan fingerprint density at radius 1 is 0.871 bits per heavy atom. The van der Waals surface area contributed by atoms with Gasteiger partial charge >= 0.3 is 0 Å². The smallest absolute Gasteiger partial charge is 0.163 e. The summed E-state index contributed by atoms with van der Waals surface area (Å²) < 4.78 is 0.918. The van der Waals surface area contributed by atoms with Crippen molar-refractivity contribution < 1.29 is 4.79 Å². The molecule has 4 rings (SSSR count). The Kier molecular flexibility index (Phi) is 6.51. The molecule has 0 amide bonds. The molecular formula is C27H19BrClNO. The second kappa shape index (κ2) is 9.47. The summed E-state index contributed by atoms with van der Waals surface area (Å²) in [6, 6.07) is 31.3. The molecule has 4 heteroatoms. The topological polar surface area (TPSA) is 40.9 Å². The van der Waals surface area contributed by atoms with E-state index >= 15 is 0 Å². The van der Waals surface area contributed by atoms with Crippen LogP contribution in [0, 0.1) is 11.3 Å². The van der Waals surface area contributed by atoms with Gasteiger partial charge < -0.3 is 0 Å². The maximum atomic E-state index is 13.3. The first kappa shape index (κ1) is 21.3. The van der Waals surface area contributed by atoms with Gasteiger partial charge in [-0.1, -0.05) is 88.2 Å². The van der Waals surface area contributed by atoms with Crippen LogP contribution in [0.2, 0.25) is 5.02 Å². The second-order valence-corrected chi connectivity index (χ2v) is 8.86. The summed E-state index contributed by atoms with van der Waals surface area (Å²) >= 11 is 9.57. The van der Waals surface area contributed by atoms with E-state index in [1.54, 1.807) is 12.1 Å². The number of benzene rings is 4. The predicted molar refractivity (Wildman–Crippen MR) is 130 cm³/mol. The van der Waals surface area contributed by atoms with Gasteiger partial charge in [-0.15, -0.1) is 0 Å². The fourth-order valence-electron chi connectivity index (χ4n) is 3.91. The molecule has 0 aliphatic heterocycles. The van der Waals surface area contributed by atoms with Crippen molar-refractivity contribution in [3.05, 3.63) is 117 Å². The Labute approximate surface area is 195 Å². The summed E-state index contributed by atoms with van der Waals surface area (Å²) in [6.45, 7) is 0. The minimum Gasteiger partial charge on any atom is -0.294 e. The van der Waals surface area contributed by atoms with Crippen molar-refractivity contribution in [1.82, 2.24) is 0 Å². The third-order valence-electron chi connectivity index (χ3n) is 5.52. The van der Waals surface area contributed by atoms with Crippen molar-refractivity contribution in [2.75, 3.05) is 0 Å². The summed E-state index contributed by atoms with van der Waals surface area (Å²) in [5.74, 6) is -0.747. The van der Waals surface area contributed by atoms with Gasteiger partial charge in [0.2, 0.25) is 0 Å². The molecule has 0 aliphatic rings. The van der Waals surface area contributed by atoms with E-state index in [2.05, 4.69) is 22.0 Å². The van der Waals surface area contributed by atoms with Gasteiger partial charge in [-0.25, -0.2) is 0 Å². The molecule has 4 aromatic rings. The van der Waals surface area contributed by atoms with Crippen molar-refractivity contribution in [2.24, 2.45) is 0 Å². The van der Waals surface area contributed by atoms with Crippen molar-refractivity contribution in [2.45, 2.75) is 18.3 Å². The lowest BCUT2D eigenvalue weighted by molar-refractivity contribution is 0.0972. The van der Waals surface area contributed by atoms with E-state index in [0.717, 1.165) is 26.4 Å².